The topological polar surface area (TPSA) is 114 Å². The number of fused-ring (bicyclic) bond motifs is 3. The third-order valence-electron chi connectivity index (χ3n) is 6.38. The Bertz CT molecular complexity index is 1100. The molecule has 2 aromatic rings. The van der Waals surface area contributed by atoms with Crippen molar-refractivity contribution in [3.05, 3.63) is 59.7 Å². The molecule has 1 aliphatic heterocycles. The predicted octanol–water partition coefficient (Wildman–Crippen LogP) is 2.53. The third-order valence-corrected chi connectivity index (χ3v) is 6.38. The number of rotatable bonds is 6. The summed E-state index contributed by atoms with van der Waals surface area (Å²) in [6.07, 6.45) is 0.259. The number of carbonyl (C=O) groups is 3. The molecule has 1 heterocycles. The van der Waals surface area contributed by atoms with Crippen molar-refractivity contribution in [1.29, 1.82) is 0 Å². The molecule has 2 aliphatic rings. The molecule has 0 bridgehead atoms. The van der Waals surface area contributed by atoms with Gasteiger partial charge < -0.3 is 25.2 Å². The quantitative estimate of drug-likeness (QED) is 0.569. The van der Waals surface area contributed by atoms with Crippen molar-refractivity contribution < 1.29 is 29.0 Å². The van der Waals surface area contributed by atoms with E-state index in [1.807, 2.05) is 30.2 Å². The molecule has 1 fully saturated rings. The second kappa shape index (κ2) is 10.4. The number of nitrogens with one attached hydrogen (secondary N) is 2. The Morgan fingerprint density at radius 1 is 1.00 bits per heavy atom. The average Bonchev–Trinajstić information content (AvgIpc) is 3.18. The zero-order valence-electron chi connectivity index (χ0n) is 18.6. The van der Waals surface area contributed by atoms with Crippen LogP contribution in [0.15, 0.2) is 48.5 Å². The van der Waals surface area contributed by atoms with Crippen molar-refractivity contribution in [2.24, 2.45) is 5.41 Å². The lowest BCUT2D eigenvalue weighted by molar-refractivity contribution is -0.136. The normalized spacial score (nSPS) is 15.8. The van der Waals surface area contributed by atoms with Crippen LogP contribution in [0.2, 0.25) is 0 Å². The van der Waals surface area contributed by atoms with Gasteiger partial charge in [0.25, 0.3) is 0 Å². The van der Waals surface area contributed by atoms with E-state index < -0.39 is 17.5 Å². The van der Waals surface area contributed by atoms with E-state index in [2.05, 4.69) is 40.8 Å². The first-order chi connectivity index (χ1) is 16.5. The van der Waals surface area contributed by atoms with Crippen LogP contribution in [0.5, 0.6) is 0 Å². The van der Waals surface area contributed by atoms with Crippen molar-refractivity contribution in [3.8, 4) is 23.0 Å². The zero-order chi connectivity index (χ0) is 24.0. The standard InChI is InChI=1S/C26H26N2O6/c29-23(30)10-5-13-27-24(31)26(11-14-33-15-12-26)17-28-25(32)34-16-22-20-8-3-1-6-18(20)19-7-2-4-9-21(19)22/h1-4,6-9,22H,11-17H2,(H,27,31)(H,28,32)(H,29,30). The van der Waals surface area contributed by atoms with E-state index in [4.69, 9.17) is 14.6 Å². The van der Waals surface area contributed by atoms with Gasteiger partial charge in [-0.15, -0.1) is 0 Å². The van der Waals surface area contributed by atoms with Crippen molar-refractivity contribution in [1.82, 2.24) is 10.6 Å². The number of carboxylic acid groups (broad SMARTS) is 1. The van der Waals surface area contributed by atoms with Gasteiger partial charge in [-0.2, -0.15) is 0 Å². The minimum atomic E-state index is -1.26. The number of carboxylic acids is 1. The SMILES string of the molecule is O=C(O)C#CCNC(=O)C1(CNC(=O)OCC2c3ccccc3-c3ccccc32)CCOCC1. The van der Waals surface area contributed by atoms with Gasteiger partial charge in [0.15, 0.2) is 0 Å². The number of hydrogen-bond donors (Lipinski definition) is 3. The molecule has 0 radical (unpaired) electrons. The van der Waals surface area contributed by atoms with Crippen LogP contribution in [0.1, 0.15) is 29.9 Å². The molecule has 34 heavy (non-hydrogen) atoms. The highest BCUT2D eigenvalue weighted by Gasteiger charge is 2.40. The minimum absolute atomic E-state index is 0.0497. The minimum Gasteiger partial charge on any atom is -0.472 e. The molecule has 8 heteroatoms. The van der Waals surface area contributed by atoms with Crippen LogP contribution < -0.4 is 10.6 Å². The zero-order valence-corrected chi connectivity index (χ0v) is 18.6. The molecule has 2 aromatic carbocycles. The van der Waals surface area contributed by atoms with Gasteiger partial charge >= 0.3 is 12.1 Å². The highest BCUT2D eigenvalue weighted by molar-refractivity contribution is 5.87. The molecule has 0 unspecified atom stereocenters. The van der Waals surface area contributed by atoms with Gasteiger partial charge in [0.1, 0.15) is 6.61 Å². The summed E-state index contributed by atoms with van der Waals surface area (Å²) < 4.78 is 11.0. The molecule has 1 saturated heterocycles. The maximum Gasteiger partial charge on any atom is 0.407 e. The number of benzene rings is 2. The monoisotopic (exact) mass is 462 g/mol. The summed E-state index contributed by atoms with van der Waals surface area (Å²) >= 11 is 0. The van der Waals surface area contributed by atoms with Gasteiger partial charge in [-0.3, -0.25) is 4.79 Å². The fraction of sp³-hybridized carbons (Fsp3) is 0.346. The Hall–Kier alpha value is -3.83. The van der Waals surface area contributed by atoms with E-state index in [1.165, 1.54) is 0 Å². The number of ether oxygens (including phenoxy) is 2. The lowest BCUT2D eigenvalue weighted by Gasteiger charge is -2.35. The third kappa shape index (κ3) is 5.05. The van der Waals surface area contributed by atoms with Gasteiger partial charge in [-0.25, -0.2) is 9.59 Å². The molecular formula is C26H26N2O6. The Kier molecular flexibility index (Phi) is 7.14. The van der Waals surface area contributed by atoms with Crippen molar-refractivity contribution >= 4 is 18.0 Å². The van der Waals surface area contributed by atoms with Gasteiger partial charge in [0, 0.05) is 31.6 Å². The molecule has 176 valence electrons. The van der Waals surface area contributed by atoms with Crippen molar-refractivity contribution in [2.75, 3.05) is 32.9 Å². The lowest BCUT2D eigenvalue weighted by Crippen LogP contribution is -2.51. The number of alkyl carbamates (subject to hydrolysis) is 1. The van der Waals surface area contributed by atoms with E-state index >= 15 is 0 Å². The van der Waals surface area contributed by atoms with Crippen molar-refractivity contribution in [2.45, 2.75) is 18.8 Å². The summed E-state index contributed by atoms with van der Waals surface area (Å²) in [6.45, 7) is 0.970. The molecule has 2 amide bonds. The lowest BCUT2D eigenvalue weighted by atomic mass is 9.79. The van der Waals surface area contributed by atoms with E-state index in [0.717, 1.165) is 22.3 Å². The smallest absolute Gasteiger partial charge is 0.407 e. The molecule has 0 atom stereocenters. The summed E-state index contributed by atoms with van der Waals surface area (Å²) in [5.41, 5.74) is 3.68. The fourth-order valence-electron chi connectivity index (χ4n) is 4.57. The van der Waals surface area contributed by atoms with Crippen LogP contribution in [-0.4, -0.2) is 56.0 Å². The van der Waals surface area contributed by atoms with Crippen molar-refractivity contribution in [3.63, 3.8) is 0 Å². The van der Waals surface area contributed by atoms with E-state index in [-0.39, 0.29) is 31.5 Å². The van der Waals surface area contributed by atoms with Crippen LogP contribution in [0.3, 0.4) is 0 Å². The Labute approximate surface area is 197 Å². The van der Waals surface area contributed by atoms with Gasteiger partial charge in [-0.1, -0.05) is 54.5 Å². The molecule has 0 saturated carbocycles. The maximum absolute atomic E-state index is 12.8. The number of hydrogen-bond acceptors (Lipinski definition) is 5. The Morgan fingerprint density at radius 2 is 1.62 bits per heavy atom. The van der Waals surface area contributed by atoms with Crippen LogP contribution in [0.25, 0.3) is 11.1 Å². The Morgan fingerprint density at radius 3 is 2.24 bits per heavy atom. The summed E-state index contributed by atoms with van der Waals surface area (Å²) in [5.74, 6) is 2.74. The van der Waals surface area contributed by atoms with Gasteiger partial charge in [0.05, 0.1) is 12.0 Å². The number of aliphatic carboxylic acids is 1. The van der Waals surface area contributed by atoms with Crippen LogP contribution >= 0.6 is 0 Å². The predicted molar refractivity (Wildman–Crippen MR) is 124 cm³/mol. The molecule has 8 nitrogen and oxygen atoms in total. The highest BCUT2D eigenvalue weighted by Crippen LogP contribution is 2.44. The molecule has 3 N–H and O–H groups in total. The van der Waals surface area contributed by atoms with Crippen LogP contribution in [-0.2, 0) is 19.1 Å². The van der Waals surface area contributed by atoms with Crippen LogP contribution in [0, 0.1) is 17.3 Å². The molecular weight excluding hydrogens is 436 g/mol. The molecule has 4 rings (SSSR count). The number of carbonyl (C=O) groups excluding carboxylic acids is 2. The van der Waals surface area contributed by atoms with Gasteiger partial charge in [0.2, 0.25) is 5.91 Å². The molecule has 0 aromatic heterocycles. The molecule has 0 spiro atoms. The summed E-state index contributed by atoms with van der Waals surface area (Å²) in [6, 6.07) is 16.2. The maximum atomic E-state index is 12.8. The summed E-state index contributed by atoms with van der Waals surface area (Å²) in [5, 5.41) is 14.0. The first-order valence-corrected chi connectivity index (χ1v) is 11.2. The number of amides is 2. The summed E-state index contributed by atoms with van der Waals surface area (Å²) in [7, 11) is 0. The van der Waals surface area contributed by atoms with E-state index in [0.29, 0.717) is 26.1 Å². The average molecular weight is 463 g/mol. The van der Waals surface area contributed by atoms with E-state index in [9.17, 15) is 14.4 Å². The second-order valence-electron chi connectivity index (χ2n) is 8.36. The fourth-order valence-corrected chi connectivity index (χ4v) is 4.57. The first kappa shape index (κ1) is 23.3. The second-order valence-corrected chi connectivity index (χ2v) is 8.36. The summed E-state index contributed by atoms with van der Waals surface area (Å²) in [4.78, 5) is 35.9. The van der Waals surface area contributed by atoms with E-state index in [1.54, 1.807) is 0 Å². The molecule has 1 aliphatic carbocycles. The van der Waals surface area contributed by atoms with Gasteiger partial charge in [-0.05, 0) is 35.1 Å². The first-order valence-electron chi connectivity index (χ1n) is 11.2. The highest BCUT2D eigenvalue weighted by atomic mass is 16.5. The largest absolute Gasteiger partial charge is 0.472 e. The van der Waals surface area contributed by atoms with Crippen LogP contribution in [0.4, 0.5) is 4.79 Å². The Balaban J connectivity index is 1.36.